The summed E-state index contributed by atoms with van der Waals surface area (Å²) in [6.45, 7) is 9.21. The summed E-state index contributed by atoms with van der Waals surface area (Å²) in [4.78, 5) is 0.321. The molecule has 0 heterocycles. The highest BCUT2D eigenvalue weighted by Crippen LogP contribution is 2.19. The third-order valence-corrected chi connectivity index (χ3v) is 4.88. The number of ether oxygens (including phenoxy) is 1. The van der Waals surface area contributed by atoms with Crippen LogP contribution in [0.25, 0.3) is 0 Å². The van der Waals surface area contributed by atoms with Crippen molar-refractivity contribution in [2.45, 2.75) is 44.7 Å². The van der Waals surface area contributed by atoms with Gasteiger partial charge in [0.1, 0.15) is 0 Å². The van der Waals surface area contributed by atoms with Crippen LogP contribution in [-0.2, 0) is 21.3 Å². The quantitative estimate of drug-likeness (QED) is 0.768. The molecular weight excluding hydrogens is 288 g/mol. The first kappa shape index (κ1) is 18.1. The Kier molecular flexibility index (Phi) is 6.34. The Morgan fingerprint density at radius 3 is 2.52 bits per heavy atom. The van der Waals surface area contributed by atoms with Crippen LogP contribution in [0.3, 0.4) is 0 Å². The largest absolute Gasteiger partial charge is 0.383 e. The maximum Gasteiger partial charge on any atom is 0.241 e. The molecule has 2 N–H and O–H groups in total. The maximum atomic E-state index is 12.6. The van der Waals surface area contributed by atoms with E-state index in [4.69, 9.17) is 4.74 Å². The zero-order valence-electron chi connectivity index (χ0n) is 13.5. The lowest BCUT2D eigenvalue weighted by molar-refractivity contribution is 0.141. The summed E-state index contributed by atoms with van der Waals surface area (Å²) >= 11 is 0. The molecular formula is C15H26N2O3S. The molecule has 0 spiro atoms. The predicted molar refractivity (Wildman–Crippen MR) is 84.8 cm³/mol. The normalized spacial score (nSPS) is 12.6. The number of aryl methyl sites for hydroxylation is 1. The van der Waals surface area contributed by atoms with Gasteiger partial charge in [-0.1, -0.05) is 19.1 Å². The third kappa shape index (κ3) is 5.39. The van der Waals surface area contributed by atoms with Crippen molar-refractivity contribution in [2.75, 3.05) is 20.3 Å². The monoisotopic (exact) mass is 314 g/mol. The molecule has 1 aromatic carbocycles. The van der Waals surface area contributed by atoms with Gasteiger partial charge in [-0.3, -0.25) is 0 Å². The van der Waals surface area contributed by atoms with Gasteiger partial charge >= 0.3 is 0 Å². The molecule has 0 aliphatic carbocycles. The highest BCUT2D eigenvalue weighted by molar-refractivity contribution is 7.89. The zero-order valence-corrected chi connectivity index (χ0v) is 14.3. The van der Waals surface area contributed by atoms with Crippen LogP contribution in [0, 0.1) is 6.92 Å². The van der Waals surface area contributed by atoms with E-state index in [1.165, 1.54) is 0 Å². The Morgan fingerprint density at radius 2 is 1.95 bits per heavy atom. The van der Waals surface area contributed by atoms with Crippen molar-refractivity contribution in [1.29, 1.82) is 0 Å². The van der Waals surface area contributed by atoms with Crippen LogP contribution in [0.5, 0.6) is 0 Å². The molecule has 5 nitrogen and oxygen atoms in total. The molecule has 0 aromatic heterocycles. The van der Waals surface area contributed by atoms with E-state index in [1.54, 1.807) is 33.9 Å². The van der Waals surface area contributed by atoms with Crippen LogP contribution in [0.1, 0.15) is 31.9 Å². The molecule has 0 saturated heterocycles. The van der Waals surface area contributed by atoms with Crippen molar-refractivity contribution in [2.24, 2.45) is 0 Å². The van der Waals surface area contributed by atoms with Crippen molar-refractivity contribution in [3.05, 3.63) is 29.3 Å². The second kappa shape index (κ2) is 7.35. The number of nitrogens with one attached hydrogen (secondary N) is 2. The van der Waals surface area contributed by atoms with Crippen molar-refractivity contribution in [3.8, 4) is 0 Å². The molecule has 0 aliphatic heterocycles. The first-order valence-electron chi connectivity index (χ1n) is 7.05. The second-order valence-corrected chi connectivity index (χ2v) is 7.45. The van der Waals surface area contributed by atoms with E-state index in [9.17, 15) is 8.42 Å². The van der Waals surface area contributed by atoms with Gasteiger partial charge in [-0.25, -0.2) is 13.1 Å². The van der Waals surface area contributed by atoms with E-state index in [1.807, 2.05) is 19.1 Å². The van der Waals surface area contributed by atoms with Gasteiger partial charge in [0.25, 0.3) is 0 Å². The first-order chi connectivity index (χ1) is 9.72. The van der Waals surface area contributed by atoms with Crippen LogP contribution in [0.15, 0.2) is 23.1 Å². The van der Waals surface area contributed by atoms with E-state index >= 15 is 0 Å². The molecule has 6 heteroatoms. The summed E-state index contributed by atoms with van der Waals surface area (Å²) in [7, 11) is -2.02. The molecule has 1 aromatic rings. The van der Waals surface area contributed by atoms with Crippen molar-refractivity contribution < 1.29 is 13.2 Å². The van der Waals surface area contributed by atoms with Gasteiger partial charge in [-0.05, 0) is 44.5 Å². The highest BCUT2D eigenvalue weighted by Gasteiger charge is 2.27. The highest BCUT2D eigenvalue weighted by atomic mass is 32.2. The van der Waals surface area contributed by atoms with Crippen LogP contribution in [-0.4, -0.2) is 34.2 Å². The molecule has 0 aliphatic rings. The molecule has 0 saturated carbocycles. The average Bonchev–Trinajstić information content (AvgIpc) is 2.36. The van der Waals surface area contributed by atoms with Crippen LogP contribution in [0.4, 0.5) is 0 Å². The molecule has 0 fully saturated rings. The summed E-state index contributed by atoms with van der Waals surface area (Å²) in [6, 6.07) is 5.51. The fraction of sp³-hybridized carbons (Fsp3) is 0.600. The Hall–Kier alpha value is -0.950. The summed E-state index contributed by atoms with van der Waals surface area (Å²) in [6.07, 6.45) is 0. The smallest absolute Gasteiger partial charge is 0.241 e. The molecule has 1 rings (SSSR count). The van der Waals surface area contributed by atoms with E-state index in [0.29, 0.717) is 18.0 Å². The third-order valence-electron chi connectivity index (χ3n) is 3.04. The van der Waals surface area contributed by atoms with Gasteiger partial charge in [0.05, 0.1) is 17.0 Å². The maximum absolute atomic E-state index is 12.6. The SMILES string of the molecule is CCNCc1ccc(C)c(S(=O)(=O)NC(C)(C)COC)c1. The van der Waals surface area contributed by atoms with E-state index in [2.05, 4.69) is 10.0 Å². The topological polar surface area (TPSA) is 67.4 Å². The molecule has 0 amide bonds. The van der Waals surface area contributed by atoms with Gasteiger partial charge in [-0.2, -0.15) is 0 Å². The lowest BCUT2D eigenvalue weighted by atomic mass is 10.1. The average molecular weight is 314 g/mol. The van der Waals surface area contributed by atoms with E-state index in [0.717, 1.165) is 17.7 Å². The van der Waals surface area contributed by atoms with Gasteiger partial charge in [0.15, 0.2) is 0 Å². The molecule has 120 valence electrons. The molecule has 0 atom stereocenters. The minimum absolute atomic E-state index is 0.308. The van der Waals surface area contributed by atoms with Gasteiger partial charge in [0.2, 0.25) is 10.0 Å². The van der Waals surface area contributed by atoms with E-state index in [-0.39, 0.29) is 0 Å². The lowest BCUT2D eigenvalue weighted by Gasteiger charge is -2.25. The van der Waals surface area contributed by atoms with Gasteiger partial charge in [0, 0.05) is 13.7 Å². The number of sulfonamides is 1. The molecule has 0 unspecified atom stereocenters. The summed E-state index contributed by atoms with van der Waals surface area (Å²) in [5.74, 6) is 0. The van der Waals surface area contributed by atoms with Gasteiger partial charge in [-0.15, -0.1) is 0 Å². The lowest BCUT2D eigenvalue weighted by Crippen LogP contribution is -2.46. The van der Waals surface area contributed by atoms with Crippen LogP contribution < -0.4 is 10.0 Å². The predicted octanol–water partition coefficient (Wildman–Crippen LogP) is 1.81. The van der Waals surface area contributed by atoms with Crippen LogP contribution >= 0.6 is 0 Å². The van der Waals surface area contributed by atoms with Crippen molar-refractivity contribution in [1.82, 2.24) is 10.0 Å². The number of methoxy groups -OCH3 is 1. The van der Waals surface area contributed by atoms with E-state index < -0.39 is 15.6 Å². The Bertz CT molecular complexity index is 568. The van der Waals surface area contributed by atoms with Gasteiger partial charge < -0.3 is 10.1 Å². The minimum atomic E-state index is -3.58. The van der Waals surface area contributed by atoms with Crippen molar-refractivity contribution in [3.63, 3.8) is 0 Å². The number of hydrogen-bond acceptors (Lipinski definition) is 4. The number of benzene rings is 1. The second-order valence-electron chi connectivity index (χ2n) is 5.80. The first-order valence-corrected chi connectivity index (χ1v) is 8.53. The Labute approximate surface area is 128 Å². The minimum Gasteiger partial charge on any atom is -0.383 e. The Balaban J connectivity index is 3.07. The molecule has 0 radical (unpaired) electrons. The van der Waals surface area contributed by atoms with Crippen LogP contribution in [0.2, 0.25) is 0 Å². The Morgan fingerprint density at radius 1 is 1.29 bits per heavy atom. The summed E-state index contributed by atoms with van der Waals surface area (Å²) in [5.41, 5.74) is 1.03. The summed E-state index contributed by atoms with van der Waals surface area (Å²) < 4.78 is 32.9. The standard InChI is InChI=1S/C15H26N2O3S/c1-6-16-10-13-8-7-12(2)14(9-13)21(18,19)17-15(3,4)11-20-5/h7-9,16-17H,6,10-11H2,1-5H3. The number of hydrogen-bond donors (Lipinski definition) is 2. The number of rotatable bonds is 8. The zero-order chi connectivity index (χ0) is 16.1. The fourth-order valence-corrected chi connectivity index (χ4v) is 3.82. The fourth-order valence-electron chi connectivity index (χ4n) is 2.12. The summed E-state index contributed by atoms with van der Waals surface area (Å²) in [5, 5.41) is 3.20. The van der Waals surface area contributed by atoms with Crippen molar-refractivity contribution >= 4 is 10.0 Å². The molecule has 0 bridgehead atoms. The molecule has 21 heavy (non-hydrogen) atoms.